The predicted molar refractivity (Wildman–Crippen MR) is 218 cm³/mol. The van der Waals surface area contributed by atoms with Crippen LogP contribution in [0.2, 0.25) is 0 Å². The van der Waals surface area contributed by atoms with E-state index in [4.69, 9.17) is 0 Å². The fraction of sp³-hybridized carbons (Fsp3) is 0.120. The van der Waals surface area contributed by atoms with Crippen molar-refractivity contribution in [2.24, 2.45) is 0 Å². The van der Waals surface area contributed by atoms with E-state index in [1.807, 2.05) is 0 Å². The zero-order valence-corrected chi connectivity index (χ0v) is 29.2. The highest BCUT2D eigenvalue weighted by Gasteiger charge is 2.42. The van der Waals surface area contributed by atoms with E-state index in [1.54, 1.807) is 0 Å². The fourth-order valence-corrected chi connectivity index (χ4v) is 7.88. The van der Waals surface area contributed by atoms with Crippen LogP contribution in [-0.2, 0) is 0 Å². The van der Waals surface area contributed by atoms with Gasteiger partial charge >= 0.3 is 0 Å². The van der Waals surface area contributed by atoms with E-state index in [0.717, 1.165) is 0 Å². The molecule has 6 aromatic carbocycles. The van der Waals surface area contributed by atoms with Crippen molar-refractivity contribution in [1.29, 1.82) is 0 Å². The molecule has 0 amide bonds. The molecule has 0 spiro atoms. The summed E-state index contributed by atoms with van der Waals surface area (Å²) in [7, 11) is 0. The topological polar surface area (TPSA) is 3.24 Å². The molecule has 2 atom stereocenters. The van der Waals surface area contributed by atoms with Gasteiger partial charge in [0.25, 0.3) is 0 Å². The summed E-state index contributed by atoms with van der Waals surface area (Å²) >= 11 is 0. The molecule has 1 fully saturated rings. The molecule has 2 unspecified atom stereocenters. The van der Waals surface area contributed by atoms with Gasteiger partial charge in [0.05, 0.1) is 0 Å². The minimum Gasteiger partial charge on any atom is -0.338 e. The predicted octanol–water partition coefficient (Wildman–Crippen LogP) is 13.1. The lowest BCUT2D eigenvalue weighted by Crippen LogP contribution is -2.26. The Balaban J connectivity index is 1.03. The number of hydrogen-bond acceptors (Lipinski definition) is 1. The molecular formula is C50H43N. The highest BCUT2D eigenvalue weighted by Crippen LogP contribution is 2.52. The van der Waals surface area contributed by atoms with E-state index in [9.17, 15) is 0 Å². The normalized spacial score (nSPS) is 16.8. The lowest BCUT2D eigenvalue weighted by atomic mass is 9.95. The SMILES string of the molecule is Cc1ccc(C(=CC=Cc2ccc3c(c2)C2CCCC2N3c2ccc(C=CC=C(c3ccccc3)c3ccccc3)cc2)c2ccccc2)cc1. The van der Waals surface area contributed by atoms with Crippen LogP contribution in [0.25, 0.3) is 23.3 Å². The second kappa shape index (κ2) is 14.9. The first-order valence-electron chi connectivity index (χ1n) is 18.2. The molecule has 0 aromatic heterocycles. The molecule has 8 rings (SSSR count). The Hall–Kier alpha value is -5.92. The summed E-state index contributed by atoms with van der Waals surface area (Å²) in [5.41, 5.74) is 15.2. The van der Waals surface area contributed by atoms with Crippen LogP contribution in [0.5, 0.6) is 0 Å². The van der Waals surface area contributed by atoms with E-state index in [1.165, 1.54) is 86.3 Å². The van der Waals surface area contributed by atoms with Crippen LogP contribution in [-0.4, -0.2) is 6.04 Å². The first-order valence-corrected chi connectivity index (χ1v) is 18.2. The molecule has 248 valence electrons. The minimum atomic E-state index is 0.522. The van der Waals surface area contributed by atoms with Crippen molar-refractivity contribution in [3.8, 4) is 0 Å². The number of nitrogens with zero attached hydrogens (tertiary/aromatic N) is 1. The summed E-state index contributed by atoms with van der Waals surface area (Å²) in [6.07, 6.45) is 17.1. The fourth-order valence-electron chi connectivity index (χ4n) is 7.88. The summed E-state index contributed by atoms with van der Waals surface area (Å²) in [5.74, 6) is 0.579. The Morgan fingerprint density at radius 3 is 1.61 bits per heavy atom. The summed E-state index contributed by atoms with van der Waals surface area (Å²) < 4.78 is 0. The quantitative estimate of drug-likeness (QED) is 0.140. The van der Waals surface area contributed by atoms with Gasteiger partial charge in [0.15, 0.2) is 0 Å². The standard InChI is InChI=1S/C50H43N/c1-37-26-31-43(32-27-37)46(42-20-9-4-10-21-42)23-12-15-39-30-35-50-48(36-39)47-24-13-25-49(47)51(50)44-33-28-38(29-34-44)14-11-22-45(40-16-5-2-6-17-40)41-18-7-3-8-19-41/h2-12,14-23,26-36,47,49H,13,24-25H2,1H3. The van der Waals surface area contributed by atoms with Crippen molar-refractivity contribution < 1.29 is 0 Å². The zero-order valence-electron chi connectivity index (χ0n) is 29.2. The molecular weight excluding hydrogens is 615 g/mol. The van der Waals surface area contributed by atoms with Gasteiger partial charge in [-0.25, -0.2) is 0 Å². The molecule has 51 heavy (non-hydrogen) atoms. The number of rotatable bonds is 9. The van der Waals surface area contributed by atoms with Crippen molar-refractivity contribution in [3.63, 3.8) is 0 Å². The third-order valence-electron chi connectivity index (χ3n) is 10.4. The van der Waals surface area contributed by atoms with Crippen LogP contribution in [0.1, 0.15) is 69.7 Å². The van der Waals surface area contributed by atoms with Crippen LogP contribution in [0, 0.1) is 6.92 Å². The molecule has 6 aromatic rings. The first-order chi connectivity index (χ1) is 25.2. The van der Waals surface area contributed by atoms with Gasteiger partial charge < -0.3 is 4.90 Å². The van der Waals surface area contributed by atoms with Gasteiger partial charge in [-0.3, -0.25) is 0 Å². The summed E-state index contributed by atoms with van der Waals surface area (Å²) in [6, 6.07) is 57.5. The molecule has 0 saturated heterocycles. The highest BCUT2D eigenvalue weighted by atomic mass is 15.2. The maximum absolute atomic E-state index is 2.61. The Morgan fingerprint density at radius 2 is 1.04 bits per heavy atom. The van der Waals surface area contributed by atoms with Crippen molar-refractivity contribution in [2.75, 3.05) is 4.90 Å². The Labute approximate surface area is 303 Å². The van der Waals surface area contributed by atoms with Gasteiger partial charge in [0, 0.05) is 23.3 Å². The number of benzene rings is 6. The van der Waals surface area contributed by atoms with Crippen molar-refractivity contribution >= 4 is 34.7 Å². The Kier molecular flexibility index (Phi) is 9.44. The monoisotopic (exact) mass is 657 g/mol. The molecule has 1 heteroatoms. The Morgan fingerprint density at radius 1 is 0.529 bits per heavy atom. The van der Waals surface area contributed by atoms with Crippen molar-refractivity contribution in [3.05, 3.63) is 227 Å². The number of hydrogen-bond donors (Lipinski definition) is 0. The first kappa shape index (κ1) is 32.3. The van der Waals surface area contributed by atoms with Crippen molar-refractivity contribution in [1.82, 2.24) is 0 Å². The summed E-state index contributed by atoms with van der Waals surface area (Å²) in [6.45, 7) is 2.14. The largest absolute Gasteiger partial charge is 0.338 e. The van der Waals surface area contributed by atoms with Gasteiger partial charge in [0.2, 0.25) is 0 Å². The van der Waals surface area contributed by atoms with Crippen LogP contribution >= 0.6 is 0 Å². The van der Waals surface area contributed by atoms with E-state index >= 15 is 0 Å². The van der Waals surface area contributed by atoms with E-state index in [-0.39, 0.29) is 0 Å². The Bertz CT molecular complexity index is 2160. The number of fused-ring (bicyclic) bond motifs is 3. The molecule has 0 N–H and O–H groups in total. The lowest BCUT2D eigenvalue weighted by molar-refractivity contribution is 0.642. The average molecular weight is 658 g/mol. The molecule has 1 aliphatic heterocycles. The molecule has 0 radical (unpaired) electrons. The summed E-state index contributed by atoms with van der Waals surface area (Å²) in [5, 5.41) is 0. The smallest absolute Gasteiger partial charge is 0.0450 e. The summed E-state index contributed by atoms with van der Waals surface area (Å²) in [4.78, 5) is 2.61. The average Bonchev–Trinajstić information content (AvgIpc) is 3.78. The van der Waals surface area contributed by atoms with Gasteiger partial charge in [0.1, 0.15) is 0 Å². The number of anilines is 2. The van der Waals surface area contributed by atoms with E-state index in [2.05, 4.69) is 206 Å². The molecule has 2 aliphatic rings. The number of allylic oxidation sites excluding steroid dienone is 4. The lowest BCUT2D eigenvalue weighted by Gasteiger charge is -2.27. The molecule has 1 saturated carbocycles. The molecule has 1 aliphatic carbocycles. The molecule has 1 heterocycles. The van der Waals surface area contributed by atoms with E-state index in [0.29, 0.717) is 12.0 Å². The van der Waals surface area contributed by atoms with Crippen molar-refractivity contribution in [2.45, 2.75) is 38.1 Å². The highest BCUT2D eigenvalue weighted by molar-refractivity contribution is 5.83. The van der Waals surface area contributed by atoms with Crippen LogP contribution < -0.4 is 4.90 Å². The zero-order chi connectivity index (χ0) is 34.4. The molecule has 0 bridgehead atoms. The third kappa shape index (κ3) is 7.07. The van der Waals surface area contributed by atoms with Crippen LogP contribution in [0.15, 0.2) is 182 Å². The number of aryl methyl sites for hydroxylation is 1. The van der Waals surface area contributed by atoms with Gasteiger partial charge in [-0.15, -0.1) is 0 Å². The second-order valence-electron chi connectivity index (χ2n) is 13.7. The minimum absolute atomic E-state index is 0.522. The van der Waals surface area contributed by atoms with E-state index < -0.39 is 0 Å². The van der Waals surface area contributed by atoms with Crippen LogP contribution in [0.3, 0.4) is 0 Å². The van der Waals surface area contributed by atoms with Gasteiger partial charge in [-0.05, 0) is 94.1 Å². The van der Waals surface area contributed by atoms with Crippen LogP contribution in [0.4, 0.5) is 11.4 Å². The maximum Gasteiger partial charge on any atom is 0.0450 e. The molecule has 1 nitrogen and oxygen atoms in total. The third-order valence-corrected chi connectivity index (χ3v) is 10.4. The second-order valence-corrected chi connectivity index (χ2v) is 13.7. The maximum atomic E-state index is 2.61. The van der Waals surface area contributed by atoms with Gasteiger partial charge in [-0.1, -0.05) is 182 Å². The van der Waals surface area contributed by atoms with Gasteiger partial charge in [-0.2, -0.15) is 0 Å².